The number of rotatable bonds is 7. The number of carbonyl (C=O) groups excluding carboxylic acids is 1. The van der Waals surface area contributed by atoms with Crippen molar-refractivity contribution in [1.29, 1.82) is 0 Å². The first-order valence-corrected chi connectivity index (χ1v) is 10.4. The molecular weight excluding hydrogens is 326 g/mol. The fraction of sp³-hybridized carbons (Fsp3) is 0.500. The van der Waals surface area contributed by atoms with Gasteiger partial charge in [0.25, 0.3) is 5.91 Å². The maximum atomic E-state index is 12.7. The molecule has 0 saturated carbocycles. The van der Waals surface area contributed by atoms with E-state index in [1.54, 1.807) is 37.3 Å². The Morgan fingerprint density at radius 3 is 1.77 bits per heavy atom. The van der Waals surface area contributed by atoms with Crippen LogP contribution in [0.15, 0.2) is 30.3 Å². The van der Waals surface area contributed by atoms with Crippen LogP contribution in [0.3, 0.4) is 0 Å². The molecule has 0 fully saturated rings. The topological polar surface area (TPSA) is 88.6 Å². The summed E-state index contributed by atoms with van der Waals surface area (Å²) in [6, 6.07) is 8.42. The monoisotopic (exact) mass is 347 g/mol. The summed E-state index contributed by atoms with van der Waals surface area (Å²) < 4.78 is 46.6. The number of sulfone groups is 2. The lowest BCUT2D eigenvalue weighted by molar-refractivity contribution is -0.116. The second kappa shape index (κ2) is 7.23. The van der Waals surface area contributed by atoms with Crippen LogP contribution in [0.25, 0.3) is 0 Å². The molecule has 1 amide bonds. The Labute approximate surface area is 132 Å². The molecule has 1 aromatic rings. The third kappa shape index (κ3) is 3.86. The summed E-state index contributed by atoms with van der Waals surface area (Å²) in [4.78, 5) is 13.8. The molecule has 0 radical (unpaired) electrons. The van der Waals surface area contributed by atoms with Crippen molar-refractivity contribution in [2.75, 3.05) is 23.0 Å². The van der Waals surface area contributed by atoms with Crippen LogP contribution in [0, 0.1) is 0 Å². The highest BCUT2D eigenvalue weighted by molar-refractivity contribution is 8.10. The molecule has 0 heterocycles. The number of hydrogen-bond acceptors (Lipinski definition) is 5. The zero-order valence-electron chi connectivity index (χ0n) is 12.9. The van der Waals surface area contributed by atoms with Crippen LogP contribution in [-0.2, 0) is 24.5 Å². The highest BCUT2D eigenvalue weighted by atomic mass is 32.3. The minimum absolute atomic E-state index is 0.178. The van der Waals surface area contributed by atoms with Crippen LogP contribution in [0.2, 0.25) is 0 Å². The number of nitrogens with zero attached hydrogens (tertiary/aromatic N) is 1. The quantitative estimate of drug-likeness (QED) is 0.740. The summed E-state index contributed by atoms with van der Waals surface area (Å²) in [5.41, 5.74) is 0.470. The lowest BCUT2D eigenvalue weighted by Crippen LogP contribution is -2.48. The predicted octanol–water partition coefficient (Wildman–Crippen LogP) is 1.23. The minimum Gasteiger partial charge on any atom is -0.311 e. The molecule has 8 heteroatoms. The van der Waals surface area contributed by atoms with Crippen LogP contribution in [0.1, 0.15) is 20.8 Å². The molecule has 22 heavy (non-hydrogen) atoms. The van der Waals surface area contributed by atoms with Crippen molar-refractivity contribution < 1.29 is 21.6 Å². The van der Waals surface area contributed by atoms with Gasteiger partial charge in [-0.2, -0.15) is 0 Å². The number of benzene rings is 1. The van der Waals surface area contributed by atoms with Gasteiger partial charge in [0, 0.05) is 23.7 Å². The molecule has 0 N–H and O–H groups in total. The molecule has 0 aliphatic carbocycles. The van der Waals surface area contributed by atoms with Crippen molar-refractivity contribution in [3.05, 3.63) is 30.3 Å². The molecule has 0 aliphatic rings. The lowest BCUT2D eigenvalue weighted by atomic mass is 10.3. The summed E-state index contributed by atoms with van der Waals surface area (Å²) in [5.74, 6) is -1.73. The Morgan fingerprint density at radius 2 is 1.41 bits per heavy atom. The van der Waals surface area contributed by atoms with E-state index < -0.39 is 41.7 Å². The van der Waals surface area contributed by atoms with E-state index in [0.717, 1.165) is 0 Å². The first-order chi connectivity index (χ1) is 10.2. The van der Waals surface area contributed by atoms with E-state index in [9.17, 15) is 21.6 Å². The van der Waals surface area contributed by atoms with E-state index in [1.165, 1.54) is 18.7 Å². The Balaban J connectivity index is 3.40. The average Bonchev–Trinajstić information content (AvgIpc) is 2.48. The summed E-state index contributed by atoms with van der Waals surface area (Å²) in [7, 11) is -8.14. The highest BCUT2D eigenvalue weighted by Gasteiger charge is 2.44. The molecule has 0 atom stereocenters. The third-order valence-corrected chi connectivity index (χ3v) is 8.39. The Bertz CT molecular complexity index is 677. The molecule has 0 aromatic heterocycles. The molecular formula is C14H21NO5S2. The zero-order valence-corrected chi connectivity index (χ0v) is 14.5. The molecule has 1 rings (SSSR count). The number of para-hydroxylation sites is 1. The van der Waals surface area contributed by atoms with Crippen LogP contribution in [0.4, 0.5) is 5.69 Å². The van der Waals surface area contributed by atoms with E-state index >= 15 is 0 Å². The molecule has 0 unspecified atom stereocenters. The Kier molecular flexibility index (Phi) is 6.13. The average molecular weight is 347 g/mol. The normalized spacial score (nSPS) is 12.4. The summed E-state index contributed by atoms with van der Waals surface area (Å²) >= 11 is 0. The SMILES string of the molecule is CCN(C(=O)C(S(=O)(=O)CC)S(=O)(=O)CC)c1ccccc1. The molecule has 0 spiro atoms. The van der Waals surface area contributed by atoms with Gasteiger partial charge >= 0.3 is 0 Å². The fourth-order valence-electron chi connectivity index (χ4n) is 2.03. The second-order valence-corrected chi connectivity index (χ2v) is 9.70. The van der Waals surface area contributed by atoms with E-state index in [2.05, 4.69) is 0 Å². The van der Waals surface area contributed by atoms with E-state index in [-0.39, 0.29) is 6.54 Å². The minimum atomic E-state index is -4.07. The van der Waals surface area contributed by atoms with Crippen molar-refractivity contribution in [3.8, 4) is 0 Å². The number of anilines is 1. The predicted molar refractivity (Wildman–Crippen MR) is 87.2 cm³/mol. The van der Waals surface area contributed by atoms with Crippen molar-refractivity contribution >= 4 is 31.3 Å². The third-order valence-electron chi connectivity index (χ3n) is 3.31. The second-order valence-electron chi connectivity index (χ2n) is 4.65. The van der Waals surface area contributed by atoms with Gasteiger partial charge in [0.15, 0.2) is 19.7 Å². The largest absolute Gasteiger partial charge is 0.311 e. The molecule has 0 bridgehead atoms. The standard InChI is InChI=1S/C14H21NO5S2/c1-4-15(12-10-8-7-9-11-12)13(16)14(21(17,18)5-2)22(19,20)6-3/h7-11,14H,4-6H2,1-3H3. The van der Waals surface area contributed by atoms with Crippen molar-refractivity contribution in [1.82, 2.24) is 0 Å². The molecule has 0 saturated heterocycles. The van der Waals surface area contributed by atoms with Gasteiger partial charge in [0.1, 0.15) is 0 Å². The van der Waals surface area contributed by atoms with E-state index in [0.29, 0.717) is 5.69 Å². The smallest absolute Gasteiger partial charge is 0.260 e. The van der Waals surface area contributed by atoms with Crippen LogP contribution in [-0.4, -0.2) is 45.4 Å². The van der Waals surface area contributed by atoms with Crippen molar-refractivity contribution in [3.63, 3.8) is 0 Å². The molecule has 0 aliphatic heterocycles. The lowest BCUT2D eigenvalue weighted by Gasteiger charge is -2.25. The van der Waals surface area contributed by atoms with Gasteiger partial charge in [-0.25, -0.2) is 16.8 Å². The van der Waals surface area contributed by atoms with Gasteiger partial charge in [-0.3, -0.25) is 4.79 Å². The van der Waals surface area contributed by atoms with Gasteiger partial charge in [-0.15, -0.1) is 0 Å². The van der Waals surface area contributed by atoms with Crippen LogP contribution >= 0.6 is 0 Å². The van der Waals surface area contributed by atoms with Gasteiger partial charge in [0.2, 0.25) is 4.58 Å². The Morgan fingerprint density at radius 1 is 0.955 bits per heavy atom. The van der Waals surface area contributed by atoms with Gasteiger partial charge in [0.05, 0.1) is 0 Å². The number of carbonyl (C=O) groups is 1. The van der Waals surface area contributed by atoms with Crippen molar-refractivity contribution in [2.24, 2.45) is 0 Å². The van der Waals surface area contributed by atoms with Gasteiger partial charge in [-0.05, 0) is 19.1 Å². The van der Waals surface area contributed by atoms with E-state index in [4.69, 9.17) is 0 Å². The highest BCUT2D eigenvalue weighted by Crippen LogP contribution is 2.20. The number of hydrogen-bond donors (Lipinski definition) is 0. The maximum absolute atomic E-state index is 12.7. The molecule has 1 aromatic carbocycles. The van der Waals surface area contributed by atoms with Gasteiger partial charge in [-0.1, -0.05) is 32.0 Å². The first kappa shape index (κ1) is 18.6. The fourth-order valence-corrected chi connectivity index (χ4v) is 6.11. The maximum Gasteiger partial charge on any atom is 0.260 e. The molecule has 6 nitrogen and oxygen atoms in total. The first-order valence-electron chi connectivity index (χ1n) is 7.00. The Hall–Kier alpha value is -1.41. The van der Waals surface area contributed by atoms with Crippen molar-refractivity contribution in [2.45, 2.75) is 25.4 Å². The summed E-state index contributed by atoms with van der Waals surface area (Å²) in [6.45, 7) is 4.51. The van der Waals surface area contributed by atoms with Crippen LogP contribution in [0.5, 0.6) is 0 Å². The van der Waals surface area contributed by atoms with E-state index in [1.807, 2.05) is 0 Å². The number of amides is 1. The summed E-state index contributed by atoms with van der Waals surface area (Å²) in [5, 5.41) is 0. The zero-order chi connectivity index (χ0) is 17.0. The van der Waals surface area contributed by atoms with Crippen LogP contribution < -0.4 is 4.90 Å². The molecule has 124 valence electrons. The van der Waals surface area contributed by atoms with Gasteiger partial charge < -0.3 is 4.90 Å². The summed E-state index contributed by atoms with van der Waals surface area (Å²) in [6.07, 6.45) is 0.